The third-order valence-electron chi connectivity index (χ3n) is 6.46. The molecule has 0 spiro atoms. The van der Waals surface area contributed by atoms with E-state index in [0.717, 1.165) is 41.2 Å². The van der Waals surface area contributed by atoms with Gasteiger partial charge in [-0.2, -0.15) is 0 Å². The molecule has 6 atom stereocenters. The van der Waals surface area contributed by atoms with Crippen LogP contribution in [0.25, 0.3) is 0 Å². The van der Waals surface area contributed by atoms with E-state index < -0.39 is 0 Å². The lowest BCUT2D eigenvalue weighted by Crippen LogP contribution is -2.45. The van der Waals surface area contributed by atoms with Gasteiger partial charge in [0.1, 0.15) is 0 Å². The van der Waals surface area contributed by atoms with Crippen LogP contribution in [-0.2, 0) is 0 Å². The average molecular weight is 278 g/mol. The molecule has 106 valence electrons. The zero-order valence-corrected chi connectivity index (χ0v) is 12.6. The Bertz CT molecular complexity index is 370. The van der Waals surface area contributed by atoms with Crippen molar-refractivity contribution >= 4 is 17.3 Å². The minimum absolute atomic E-state index is 0.679. The molecular formula is C16H26N2S. The van der Waals surface area contributed by atoms with Crippen molar-refractivity contribution in [2.24, 2.45) is 29.6 Å². The second kappa shape index (κ2) is 4.91. The minimum atomic E-state index is 0.679. The fourth-order valence-corrected chi connectivity index (χ4v) is 5.73. The largest absolute Gasteiger partial charge is 0.362 e. The van der Waals surface area contributed by atoms with Crippen molar-refractivity contribution in [1.82, 2.24) is 10.6 Å². The first kappa shape index (κ1) is 12.4. The van der Waals surface area contributed by atoms with Gasteiger partial charge in [0.25, 0.3) is 0 Å². The van der Waals surface area contributed by atoms with Crippen molar-refractivity contribution < 1.29 is 0 Å². The number of thiocarbonyl (C=S) groups is 1. The first-order valence-corrected chi connectivity index (χ1v) is 8.73. The highest BCUT2D eigenvalue weighted by atomic mass is 32.1. The first-order valence-electron chi connectivity index (χ1n) is 8.32. The predicted octanol–water partition coefficient (Wildman–Crippen LogP) is 3.08. The van der Waals surface area contributed by atoms with E-state index in [1.54, 1.807) is 0 Å². The summed E-state index contributed by atoms with van der Waals surface area (Å²) in [5, 5.41) is 8.05. The number of fused-ring (bicyclic) bond motifs is 4. The van der Waals surface area contributed by atoms with Crippen LogP contribution in [0.4, 0.5) is 0 Å². The van der Waals surface area contributed by atoms with Gasteiger partial charge in [-0.25, -0.2) is 0 Å². The summed E-state index contributed by atoms with van der Waals surface area (Å²) >= 11 is 5.50. The quantitative estimate of drug-likeness (QED) is 0.776. The Labute approximate surface area is 122 Å². The summed E-state index contributed by atoms with van der Waals surface area (Å²) in [5.41, 5.74) is 0. The lowest BCUT2D eigenvalue weighted by atomic mass is 9.89. The van der Waals surface area contributed by atoms with Crippen molar-refractivity contribution in [2.75, 3.05) is 6.54 Å². The van der Waals surface area contributed by atoms with E-state index in [1.807, 2.05) is 0 Å². The van der Waals surface area contributed by atoms with Crippen molar-refractivity contribution in [2.45, 2.75) is 57.4 Å². The van der Waals surface area contributed by atoms with Crippen molar-refractivity contribution in [3.63, 3.8) is 0 Å². The molecule has 4 fully saturated rings. The zero-order chi connectivity index (χ0) is 12.8. The molecule has 0 unspecified atom stereocenters. The van der Waals surface area contributed by atoms with Crippen LogP contribution < -0.4 is 10.6 Å². The van der Waals surface area contributed by atoms with Gasteiger partial charge in [-0.3, -0.25) is 0 Å². The number of rotatable bonds is 3. The fraction of sp³-hybridized carbons (Fsp3) is 0.938. The van der Waals surface area contributed by atoms with Crippen LogP contribution in [0.3, 0.4) is 0 Å². The molecule has 0 aromatic rings. The summed E-state index contributed by atoms with van der Waals surface area (Å²) in [6.45, 7) is 1.12. The lowest BCUT2D eigenvalue weighted by molar-refractivity contribution is 0.330. The average Bonchev–Trinajstić information content (AvgIpc) is 3.16. The second-order valence-electron chi connectivity index (χ2n) is 7.57. The molecule has 4 bridgehead atoms. The SMILES string of the molecule is S=C(NC[C@H]1C[C@H]2CC[C@H]1C2)N[C@H]1C[C@H]2CC[C@H]1C2. The molecular weight excluding hydrogens is 252 g/mol. The lowest BCUT2D eigenvalue weighted by Gasteiger charge is -2.26. The van der Waals surface area contributed by atoms with E-state index in [9.17, 15) is 0 Å². The maximum absolute atomic E-state index is 5.50. The zero-order valence-electron chi connectivity index (χ0n) is 11.7. The van der Waals surface area contributed by atoms with Gasteiger partial charge in [-0.15, -0.1) is 0 Å². The van der Waals surface area contributed by atoms with Gasteiger partial charge in [0.15, 0.2) is 5.11 Å². The van der Waals surface area contributed by atoms with E-state index in [4.69, 9.17) is 12.2 Å². The summed E-state index contributed by atoms with van der Waals surface area (Å²) in [6, 6.07) is 0.679. The number of nitrogens with one attached hydrogen (secondary N) is 2. The second-order valence-corrected chi connectivity index (χ2v) is 7.98. The van der Waals surface area contributed by atoms with Gasteiger partial charge in [-0.1, -0.05) is 12.8 Å². The Kier molecular flexibility index (Phi) is 3.21. The van der Waals surface area contributed by atoms with Gasteiger partial charge in [0.2, 0.25) is 0 Å². The van der Waals surface area contributed by atoms with E-state index in [1.165, 1.54) is 51.4 Å². The van der Waals surface area contributed by atoms with Crippen molar-refractivity contribution in [1.29, 1.82) is 0 Å². The molecule has 2 nitrogen and oxygen atoms in total. The summed E-state index contributed by atoms with van der Waals surface area (Å²) in [6.07, 6.45) is 11.6. The number of hydrogen-bond donors (Lipinski definition) is 2. The van der Waals surface area contributed by atoms with Crippen molar-refractivity contribution in [3.8, 4) is 0 Å². The van der Waals surface area contributed by atoms with Gasteiger partial charge >= 0.3 is 0 Å². The summed E-state index contributed by atoms with van der Waals surface area (Å²) in [5.74, 6) is 4.85. The van der Waals surface area contributed by atoms with Gasteiger partial charge < -0.3 is 10.6 Å². The Hall–Kier alpha value is -0.310. The third kappa shape index (κ3) is 2.39. The van der Waals surface area contributed by atoms with Crippen LogP contribution in [0.5, 0.6) is 0 Å². The standard InChI is InChI=1S/C16H26N2S/c19-16(18-15-8-11-2-4-13(15)6-11)17-9-14-7-10-1-3-12(14)5-10/h10-15H,1-9H2,(H2,17,18,19)/t10-,11-,12-,13-,14+,15-/m0/s1. The topological polar surface area (TPSA) is 24.1 Å². The Morgan fingerprint density at radius 3 is 2.21 bits per heavy atom. The highest BCUT2D eigenvalue weighted by molar-refractivity contribution is 7.80. The molecule has 4 aliphatic carbocycles. The van der Waals surface area contributed by atoms with Gasteiger partial charge in [0, 0.05) is 12.6 Å². The molecule has 4 saturated carbocycles. The summed E-state index contributed by atoms with van der Waals surface area (Å²) in [4.78, 5) is 0. The van der Waals surface area contributed by atoms with Gasteiger partial charge in [0.05, 0.1) is 0 Å². The van der Waals surface area contributed by atoms with Crippen LogP contribution >= 0.6 is 12.2 Å². The summed E-state index contributed by atoms with van der Waals surface area (Å²) in [7, 11) is 0. The van der Waals surface area contributed by atoms with Gasteiger partial charge in [-0.05, 0) is 80.3 Å². The molecule has 19 heavy (non-hydrogen) atoms. The smallest absolute Gasteiger partial charge is 0.166 e. The van der Waals surface area contributed by atoms with Crippen LogP contribution in [0.15, 0.2) is 0 Å². The maximum atomic E-state index is 5.50. The highest BCUT2D eigenvalue weighted by Gasteiger charge is 2.41. The third-order valence-corrected chi connectivity index (χ3v) is 6.73. The maximum Gasteiger partial charge on any atom is 0.166 e. The van der Waals surface area contributed by atoms with E-state index >= 15 is 0 Å². The molecule has 0 radical (unpaired) electrons. The van der Waals surface area contributed by atoms with E-state index in [-0.39, 0.29) is 0 Å². The predicted molar refractivity (Wildman–Crippen MR) is 81.9 cm³/mol. The summed E-state index contributed by atoms with van der Waals surface area (Å²) < 4.78 is 0. The minimum Gasteiger partial charge on any atom is -0.362 e. The Morgan fingerprint density at radius 1 is 0.895 bits per heavy atom. The monoisotopic (exact) mass is 278 g/mol. The fourth-order valence-electron chi connectivity index (χ4n) is 5.49. The molecule has 2 N–H and O–H groups in total. The van der Waals surface area contributed by atoms with Crippen LogP contribution in [0.1, 0.15) is 51.4 Å². The molecule has 4 rings (SSSR count). The molecule has 0 amide bonds. The molecule has 0 heterocycles. The number of hydrogen-bond acceptors (Lipinski definition) is 1. The highest BCUT2D eigenvalue weighted by Crippen LogP contribution is 2.48. The molecule has 4 aliphatic rings. The molecule has 3 heteroatoms. The normalized spacial score (nSPS) is 46.7. The van der Waals surface area contributed by atoms with Crippen LogP contribution in [-0.4, -0.2) is 17.7 Å². The van der Waals surface area contributed by atoms with Crippen molar-refractivity contribution in [3.05, 3.63) is 0 Å². The molecule has 0 aromatic carbocycles. The molecule has 0 aliphatic heterocycles. The van der Waals surface area contributed by atoms with E-state index in [0.29, 0.717) is 6.04 Å². The molecule has 0 saturated heterocycles. The van der Waals surface area contributed by atoms with Crippen LogP contribution in [0.2, 0.25) is 0 Å². The van der Waals surface area contributed by atoms with Crippen LogP contribution in [0, 0.1) is 29.6 Å². The first-order chi connectivity index (χ1) is 9.28. The molecule has 0 aromatic heterocycles. The Morgan fingerprint density at radius 2 is 1.63 bits per heavy atom. The Balaban J connectivity index is 1.22. The van der Waals surface area contributed by atoms with E-state index in [2.05, 4.69) is 10.6 Å².